The number of nitrogens with one attached hydrogen (secondary N) is 1. The molecule has 0 spiro atoms. The first-order valence-electron chi connectivity index (χ1n) is 8.92. The number of hydrogen-bond acceptors (Lipinski definition) is 3. The highest BCUT2D eigenvalue weighted by Crippen LogP contribution is 2.27. The maximum Gasteiger partial charge on any atom is 0.243 e. The van der Waals surface area contributed by atoms with Gasteiger partial charge in [0, 0.05) is 29.7 Å². The van der Waals surface area contributed by atoms with Crippen molar-refractivity contribution in [1.29, 1.82) is 0 Å². The van der Waals surface area contributed by atoms with Gasteiger partial charge >= 0.3 is 0 Å². The SMILES string of the molecule is Cc1ccc(S(=O)(=O)N2CCC(C(=O)Nc3cccc(Cl)c3C)CC2)cc1. The van der Waals surface area contributed by atoms with Crippen LogP contribution in [-0.4, -0.2) is 31.7 Å². The van der Waals surface area contributed by atoms with Crippen LogP contribution in [-0.2, 0) is 14.8 Å². The zero-order valence-corrected chi connectivity index (χ0v) is 17.0. The number of carbonyl (C=O) groups is 1. The fourth-order valence-corrected chi connectivity index (χ4v) is 4.84. The van der Waals surface area contributed by atoms with E-state index in [1.54, 1.807) is 36.4 Å². The first-order chi connectivity index (χ1) is 12.8. The maximum absolute atomic E-state index is 12.8. The molecule has 0 saturated carbocycles. The average Bonchev–Trinajstić information content (AvgIpc) is 2.66. The van der Waals surface area contributed by atoms with E-state index in [0.29, 0.717) is 41.5 Å². The smallest absolute Gasteiger partial charge is 0.243 e. The predicted molar refractivity (Wildman–Crippen MR) is 107 cm³/mol. The highest BCUT2D eigenvalue weighted by molar-refractivity contribution is 7.89. The molecule has 1 fully saturated rings. The van der Waals surface area contributed by atoms with E-state index in [-0.39, 0.29) is 11.8 Å². The Balaban J connectivity index is 1.63. The van der Waals surface area contributed by atoms with Gasteiger partial charge in [0.15, 0.2) is 0 Å². The second kappa shape index (κ2) is 8.00. The molecule has 1 amide bonds. The first-order valence-corrected chi connectivity index (χ1v) is 10.7. The van der Waals surface area contributed by atoms with Gasteiger partial charge in [0.1, 0.15) is 0 Å². The molecule has 0 aromatic heterocycles. The standard InChI is InChI=1S/C20H23ClN2O3S/c1-14-6-8-17(9-7-14)27(25,26)23-12-10-16(11-13-23)20(24)22-19-5-3-4-18(21)15(19)2/h3-9,16H,10-13H2,1-2H3,(H,22,24). The molecule has 1 N–H and O–H groups in total. The number of amides is 1. The number of rotatable bonds is 4. The molecule has 3 rings (SSSR count). The van der Waals surface area contributed by atoms with Gasteiger partial charge in [0.05, 0.1) is 4.90 Å². The Hall–Kier alpha value is -1.89. The third-order valence-electron chi connectivity index (χ3n) is 5.01. The van der Waals surface area contributed by atoms with Gasteiger partial charge < -0.3 is 5.32 Å². The molecule has 27 heavy (non-hydrogen) atoms. The number of sulfonamides is 1. The molecule has 1 aliphatic rings. The number of nitrogens with zero attached hydrogens (tertiary/aromatic N) is 1. The van der Waals surface area contributed by atoms with E-state index >= 15 is 0 Å². The summed E-state index contributed by atoms with van der Waals surface area (Å²) in [6, 6.07) is 12.2. The quantitative estimate of drug-likeness (QED) is 0.834. The van der Waals surface area contributed by atoms with Crippen molar-refractivity contribution in [2.24, 2.45) is 5.92 Å². The van der Waals surface area contributed by atoms with Gasteiger partial charge in [-0.25, -0.2) is 8.42 Å². The monoisotopic (exact) mass is 406 g/mol. The number of hydrogen-bond donors (Lipinski definition) is 1. The van der Waals surface area contributed by atoms with Crippen molar-refractivity contribution in [3.05, 3.63) is 58.6 Å². The Labute approximate surface area is 165 Å². The minimum atomic E-state index is -3.51. The van der Waals surface area contributed by atoms with Gasteiger partial charge in [-0.2, -0.15) is 4.31 Å². The summed E-state index contributed by atoms with van der Waals surface area (Å²) in [5, 5.41) is 3.52. The Kier molecular flexibility index (Phi) is 5.89. The van der Waals surface area contributed by atoms with Crippen molar-refractivity contribution in [3.8, 4) is 0 Å². The molecule has 0 aliphatic carbocycles. The summed E-state index contributed by atoms with van der Waals surface area (Å²) in [7, 11) is -3.51. The van der Waals surface area contributed by atoms with Crippen molar-refractivity contribution in [2.75, 3.05) is 18.4 Å². The van der Waals surface area contributed by atoms with Crippen LogP contribution < -0.4 is 5.32 Å². The molecular weight excluding hydrogens is 384 g/mol. The largest absolute Gasteiger partial charge is 0.326 e. The topological polar surface area (TPSA) is 66.5 Å². The highest BCUT2D eigenvalue weighted by Gasteiger charge is 2.32. The van der Waals surface area contributed by atoms with E-state index < -0.39 is 10.0 Å². The van der Waals surface area contributed by atoms with Crippen LogP contribution >= 0.6 is 11.6 Å². The van der Waals surface area contributed by atoms with Gasteiger partial charge in [0.2, 0.25) is 15.9 Å². The fourth-order valence-electron chi connectivity index (χ4n) is 3.20. The summed E-state index contributed by atoms with van der Waals surface area (Å²) in [6.07, 6.45) is 0.993. The van der Waals surface area contributed by atoms with Crippen LogP contribution in [0.3, 0.4) is 0 Å². The van der Waals surface area contributed by atoms with E-state index in [9.17, 15) is 13.2 Å². The number of benzene rings is 2. The molecule has 1 aliphatic heterocycles. The lowest BCUT2D eigenvalue weighted by Crippen LogP contribution is -2.41. The summed E-state index contributed by atoms with van der Waals surface area (Å²) < 4.78 is 27.0. The van der Waals surface area contributed by atoms with Crippen molar-refractivity contribution in [1.82, 2.24) is 4.31 Å². The summed E-state index contributed by atoms with van der Waals surface area (Å²) in [4.78, 5) is 12.9. The maximum atomic E-state index is 12.8. The van der Waals surface area contributed by atoms with Crippen LogP contribution in [0.5, 0.6) is 0 Å². The third kappa shape index (κ3) is 4.34. The van der Waals surface area contributed by atoms with Crippen LogP contribution in [0.15, 0.2) is 47.4 Å². The second-order valence-corrected chi connectivity index (χ2v) is 9.24. The van der Waals surface area contributed by atoms with Crippen LogP contribution in [0.2, 0.25) is 5.02 Å². The average molecular weight is 407 g/mol. The molecule has 7 heteroatoms. The molecule has 2 aromatic carbocycles. The van der Waals surface area contributed by atoms with Crippen LogP contribution in [0, 0.1) is 19.8 Å². The van der Waals surface area contributed by atoms with Crippen molar-refractivity contribution in [3.63, 3.8) is 0 Å². The number of piperidine rings is 1. The molecule has 2 aromatic rings. The Morgan fingerprint density at radius 3 is 2.33 bits per heavy atom. The minimum Gasteiger partial charge on any atom is -0.326 e. The molecule has 0 radical (unpaired) electrons. The van der Waals surface area contributed by atoms with E-state index in [2.05, 4.69) is 5.32 Å². The van der Waals surface area contributed by atoms with E-state index in [4.69, 9.17) is 11.6 Å². The number of anilines is 1. The minimum absolute atomic E-state index is 0.0900. The van der Waals surface area contributed by atoms with Crippen molar-refractivity contribution in [2.45, 2.75) is 31.6 Å². The van der Waals surface area contributed by atoms with E-state index in [1.807, 2.05) is 19.9 Å². The van der Waals surface area contributed by atoms with Crippen LogP contribution in [0.1, 0.15) is 24.0 Å². The van der Waals surface area contributed by atoms with Gasteiger partial charge in [-0.3, -0.25) is 4.79 Å². The molecule has 5 nitrogen and oxygen atoms in total. The molecule has 0 unspecified atom stereocenters. The summed E-state index contributed by atoms with van der Waals surface area (Å²) >= 11 is 6.10. The molecule has 1 saturated heterocycles. The van der Waals surface area contributed by atoms with Gasteiger partial charge in [0.25, 0.3) is 0 Å². The number of carbonyl (C=O) groups excluding carboxylic acids is 1. The molecule has 1 heterocycles. The van der Waals surface area contributed by atoms with Gasteiger partial charge in [-0.1, -0.05) is 35.4 Å². The number of aryl methyl sites for hydroxylation is 1. The third-order valence-corrected chi connectivity index (χ3v) is 7.33. The highest BCUT2D eigenvalue weighted by atomic mass is 35.5. The first kappa shape index (κ1) is 19.9. The lowest BCUT2D eigenvalue weighted by atomic mass is 9.97. The summed E-state index contributed by atoms with van der Waals surface area (Å²) in [5.74, 6) is -0.305. The molecular formula is C20H23ClN2O3S. The van der Waals surface area contributed by atoms with Gasteiger partial charge in [-0.05, 0) is 56.5 Å². The zero-order chi connectivity index (χ0) is 19.6. The van der Waals surface area contributed by atoms with E-state index in [1.165, 1.54) is 4.31 Å². The molecule has 0 atom stereocenters. The Morgan fingerprint density at radius 2 is 1.70 bits per heavy atom. The Bertz CT molecular complexity index is 934. The summed E-state index contributed by atoms with van der Waals surface area (Å²) in [5.41, 5.74) is 2.54. The van der Waals surface area contributed by atoms with Crippen molar-refractivity contribution < 1.29 is 13.2 Å². The summed E-state index contributed by atoms with van der Waals surface area (Å²) in [6.45, 7) is 4.45. The predicted octanol–water partition coefficient (Wildman–Crippen LogP) is 4.00. The lowest BCUT2D eigenvalue weighted by molar-refractivity contribution is -0.120. The van der Waals surface area contributed by atoms with E-state index in [0.717, 1.165) is 11.1 Å². The molecule has 0 bridgehead atoms. The normalized spacial score (nSPS) is 16.3. The second-order valence-electron chi connectivity index (χ2n) is 6.89. The van der Waals surface area contributed by atoms with Crippen LogP contribution in [0.4, 0.5) is 5.69 Å². The number of halogens is 1. The Morgan fingerprint density at radius 1 is 1.07 bits per heavy atom. The lowest BCUT2D eigenvalue weighted by Gasteiger charge is -2.30. The van der Waals surface area contributed by atoms with Gasteiger partial charge in [-0.15, -0.1) is 0 Å². The molecule has 144 valence electrons. The fraction of sp³-hybridized carbons (Fsp3) is 0.350. The zero-order valence-electron chi connectivity index (χ0n) is 15.4. The van der Waals surface area contributed by atoms with Crippen LogP contribution in [0.25, 0.3) is 0 Å². The van der Waals surface area contributed by atoms with Crippen molar-refractivity contribution >= 4 is 33.2 Å².